The summed E-state index contributed by atoms with van der Waals surface area (Å²) >= 11 is 0. The van der Waals surface area contributed by atoms with E-state index in [9.17, 15) is 13.2 Å². The summed E-state index contributed by atoms with van der Waals surface area (Å²) < 4.78 is 31.7. The molecule has 92 valence electrons. The molecule has 2 aromatic rings. The van der Waals surface area contributed by atoms with Crippen molar-refractivity contribution in [2.24, 2.45) is 0 Å². The molecule has 0 aliphatic carbocycles. The number of carboxylic acids is 1. The van der Waals surface area contributed by atoms with Gasteiger partial charge in [0.25, 0.3) is 0 Å². The number of H-pyrrole nitrogens is 1. The van der Waals surface area contributed by atoms with E-state index >= 15 is 0 Å². The molecule has 0 atom stereocenters. The Hall–Kier alpha value is -2.39. The van der Waals surface area contributed by atoms with Gasteiger partial charge in [0.15, 0.2) is 5.65 Å². The fourth-order valence-electron chi connectivity index (χ4n) is 0.753. The van der Waals surface area contributed by atoms with E-state index < -0.39 is 12.1 Å². The molecular weight excluding hydrogens is 243 g/mol. The van der Waals surface area contributed by atoms with E-state index in [1.54, 1.807) is 12.5 Å². The lowest BCUT2D eigenvalue weighted by molar-refractivity contribution is -0.192. The minimum absolute atomic E-state index is 0.261. The Morgan fingerprint density at radius 2 is 2.00 bits per heavy atom. The van der Waals surface area contributed by atoms with Gasteiger partial charge in [0.1, 0.15) is 5.52 Å². The number of alkyl halides is 3. The molecule has 0 aliphatic rings. The third-order valence-electron chi connectivity index (χ3n) is 1.44. The van der Waals surface area contributed by atoms with Gasteiger partial charge in [-0.25, -0.2) is 14.8 Å². The van der Waals surface area contributed by atoms with Crippen LogP contribution < -0.4 is 5.73 Å². The van der Waals surface area contributed by atoms with Gasteiger partial charge in [-0.2, -0.15) is 18.2 Å². The van der Waals surface area contributed by atoms with Crippen LogP contribution >= 0.6 is 0 Å². The smallest absolute Gasteiger partial charge is 0.475 e. The number of nitrogens with one attached hydrogen (secondary N) is 1. The fraction of sp³-hybridized carbons (Fsp3) is 0.143. The maximum absolute atomic E-state index is 10.6. The van der Waals surface area contributed by atoms with E-state index in [0.717, 1.165) is 5.52 Å². The van der Waals surface area contributed by atoms with Crippen LogP contribution in [0.15, 0.2) is 12.5 Å². The number of anilines is 1. The zero-order valence-corrected chi connectivity index (χ0v) is 8.06. The second-order valence-corrected chi connectivity index (χ2v) is 2.67. The maximum atomic E-state index is 10.6. The van der Waals surface area contributed by atoms with Crippen molar-refractivity contribution in [1.82, 2.24) is 19.9 Å². The molecule has 17 heavy (non-hydrogen) atoms. The largest absolute Gasteiger partial charge is 0.490 e. The monoisotopic (exact) mass is 249 g/mol. The zero-order chi connectivity index (χ0) is 13.1. The Morgan fingerprint density at radius 1 is 1.41 bits per heavy atom. The van der Waals surface area contributed by atoms with Crippen molar-refractivity contribution in [3.63, 3.8) is 0 Å². The van der Waals surface area contributed by atoms with Crippen molar-refractivity contribution < 1.29 is 23.1 Å². The molecule has 0 radical (unpaired) electrons. The molecule has 2 heterocycles. The summed E-state index contributed by atoms with van der Waals surface area (Å²) in [5.41, 5.74) is 6.72. The topological polar surface area (TPSA) is 118 Å². The number of carbonyl (C=O) groups is 1. The van der Waals surface area contributed by atoms with Gasteiger partial charge in [-0.15, -0.1) is 0 Å². The van der Waals surface area contributed by atoms with Crippen molar-refractivity contribution in [3.8, 4) is 0 Å². The third kappa shape index (κ3) is 3.59. The normalized spacial score (nSPS) is 10.8. The number of aromatic nitrogens is 4. The molecule has 0 unspecified atom stereocenters. The minimum Gasteiger partial charge on any atom is -0.475 e. The van der Waals surface area contributed by atoms with Gasteiger partial charge in [0, 0.05) is 0 Å². The Bertz CT molecular complexity index is 523. The standard InChI is InChI=1S/C5H5N5.C2HF3O2/c6-5-7-1-3-4(10-5)9-2-8-3;3-2(4,5)1(6)7/h1-2H,(H3,6,7,8,9,10);(H,6,7). The number of nitrogens with two attached hydrogens (primary N) is 1. The number of rotatable bonds is 0. The molecule has 4 N–H and O–H groups in total. The van der Waals surface area contributed by atoms with E-state index in [1.165, 1.54) is 0 Å². The molecule has 2 aromatic heterocycles. The lowest BCUT2D eigenvalue weighted by atomic mass is 10.6. The first-order valence-electron chi connectivity index (χ1n) is 4.02. The van der Waals surface area contributed by atoms with E-state index in [2.05, 4.69) is 19.9 Å². The van der Waals surface area contributed by atoms with Crippen LogP contribution in [0.4, 0.5) is 19.1 Å². The average Bonchev–Trinajstić information content (AvgIpc) is 2.63. The van der Waals surface area contributed by atoms with Gasteiger partial charge >= 0.3 is 12.1 Å². The van der Waals surface area contributed by atoms with Crippen molar-refractivity contribution in [1.29, 1.82) is 0 Å². The molecule has 0 aliphatic heterocycles. The van der Waals surface area contributed by atoms with Gasteiger partial charge < -0.3 is 15.8 Å². The molecule has 2 rings (SSSR count). The van der Waals surface area contributed by atoms with Crippen LogP contribution in [0.25, 0.3) is 11.2 Å². The highest BCUT2D eigenvalue weighted by molar-refractivity contribution is 5.73. The highest BCUT2D eigenvalue weighted by atomic mass is 19.4. The fourth-order valence-corrected chi connectivity index (χ4v) is 0.753. The molecule has 0 bridgehead atoms. The van der Waals surface area contributed by atoms with Gasteiger partial charge in [-0.05, 0) is 0 Å². The molecule has 0 fully saturated rings. The van der Waals surface area contributed by atoms with E-state index in [4.69, 9.17) is 15.6 Å². The number of halogens is 3. The molecule has 10 heteroatoms. The average molecular weight is 249 g/mol. The Morgan fingerprint density at radius 3 is 2.53 bits per heavy atom. The predicted octanol–water partition coefficient (Wildman–Crippen LogP) is 0.568. The van der Waals surface area contributed by atoms with E-state index in [-0.39, 0.29) is 5.95 Å². The zero-order valence-electron chi connectivity index (χ0n) is 8.06. The highest BCUT2D eigenvalue weighted by Crippen LogP contribution is 2.13. The van der Waals surface area contributed by atoms with Crippen molar-refractivity contribution in [2.45, 2.75) is 6.18 Å². The summed E-state index contributed by atoms with van der Waals surface area (Å²) in [6.07, 6.45) is -1.95. The van der Waals surface area contributed by atoms with Gasteiger partial charge in [0.2, 0.25) is 5.95 Å². The van der Waals surface area contributed by atoms with Crippen LogP contribution in [-0.4, -0.2) is 37.2 Å². The number of carboxylic acid groups (broad SMARTS) is 1. The number of hydrogen-bond donors (Lipinski definition) is 3. The number of aromatic amines is 1. The van der Waals surface area contributed by atoms with Gasteiger partial charge in [-0.1, -0.05) is 0 Å². The lowest BCUT2D eigenvalue weighted by Gasteiger charge is -1.93. The van der Waals surface area contributed by atoms with E-state index in [0.29, 0.717) is 5.65 Å². The van der Waals surface area contributed by atoms with Crippen molar-refractivity contribution in [2.75, 3.05) is 5.73 Å². The van der Waals surface area contributed by atoms with E-state index in [1.807, 2.05) is 0 Å². The second kappa shape index (κ2) is 4.63. The first kappa shape index (κ1) is 12.7. The number of aliphatic carboxylic acids is 1. The Labute approximate surface area is 91.5 Å². The summed E-state index contributed by atoms with van der Waals surface area (Å²) in [6.45, 7) is 0. The molecule has 0 aromatic carbocycles. The summed E-state index contributed by atoms with van der Waals surface area (Å²) in [5, 5.41) is 7.12. The van der Waals surface area contributed by atoms with Crippen LogP contribution in [0.5, 0.6) is 0 Å². The highest BCUT2D eigenvalue weighted by Gasteiger charge is 2.38. The number of fused-ring (bicyclic) bond motifs is 1. The Kier molecular flexibility index (Phi) is 3.46. The van der Waals surface area contributed by atoms with Crippen LogP contribution in [0.3, 0.4) is 0 Å². The van der Waals surface area contributed by atoms with Crippen LogP contribution in [0, 0.1) is 0 Å². The molecule has 7 nitrogen and oxygen atoms in total. The van der Waals surface area contributed by atoms with Crippen LogP contribution in [0.1, 0.15) is 0 Å². The number of nitrogen functional groups attached to an aromatic ring is 1. The quantitative estimate of drug-likeness (QED) is 0.628. The van der Waals surface area contributed by atoms with Crippen LogP contribution in [0.2, 0.25) is 0 Å². The van der Waals surface area contributed by atoms with Crippen molar-refractivity contribution >= 4 is 23.1 Å². The van der Waals surface area contributed by atoms with Gasteiger partial charge in [0.05, 0.1) is 12.5 Å². The second-order valence-electron chi connectivity index (χ2n) is 2.67. The number of hydrogen-bond acceptors (Lipinski definition) is 5. The first-order valence-corrected chi connectivity index (χ1v) is 4.02. The molecule has 0 amide bonds. The summed E-state index contributed by atoms with van der Waals surface area (Å²) in [4.78, 5) is 23.3. The predicted molar refractivity (Wildman–Crippen MR) is 49.8 cm³/mol. The summed E-state index contributed by atoms with van der Waals surface area (Å²) in [5.74, 6) is -2.50. The number of imidazole rings is 1. The van der Waals surface area contributed by atoms with Crippen molar-refractivity contribution in [3.05, 3.63) is 12.5 Å². The van der Waals surface area contributed by atoms with Gasteiger partial charge in [-0.3, -0.25) is 0 Å². The molecule has 0 saturated heterocycles. The molecule has 0 saturated carbocycles. The third-order valence-corrected chi connectivity index (χ3v) is 1.44. The summed E-state index contributed by atoms with van der Waals surface area (Å²) in [7, 11) is 0. The summed E-state index contributed by atoms with van der Waals surface area (Å²) in [6, 6.07) is 0. The Balaban J connectivity index is 0.000000185. The SMILES string of the molecule is Nc1ncc2nc[nH]c2n1.O=C(O)C(F)(F)F. The first-order chi connectivity index (χ1) is 7.80. The van der Waals surface area contributed by atoms with Crippen LogP contribution in [-0.2, 0) is 4.79 Å². The maximum Gasteiger partial charge on any atom is 0.490 e. The lowest BCUT2D eigenvalue weighted by Crippen LogP contribution is -2.21. The molecule has 0 spiro atoms. The minimum atomic E-state index is -5.08. The molecular formula is C7H6F3N5O2. The number of nitrogens with zero attached hydrogens (tertiary/aromatic N) is 3.